The van der Waals surface area contributed by atoms with E-state index in [1.807, 2.05) is 30.3 Å². The van der Waals surface area contributed by atoms with Gasteiger partial charge in [-0.05, 0) is 24.3 Å². The van der Waals surface area contributed by atoms with Crippen molar-refractivity contribution in [1.82, 2.24) is 14.9 Å². The maximum atomic E-state index is 13.3. The van der Waals surface area contributed by atoms with Gasteiger partial charge in [0.25, 0.3) is 5.91 Å². The van der Waals surface area contributed by atoms with Gasteiger partial charge in [-0.2, -0.15) is 0 Å². The molecule has 1 aromatic carbocycles. The number of carbonyl (C=O) groups is 2. The normalized spacial score (nSPS) is 13.9. The van der Waals surface area contributed by atoms with Crippen LogP contribution in [0.15, 0.2) is 77.7 Å². The number of nitrogens with zero attached hydrogens (tertiary/aromatic N) is 4. The van der Waals surface area contributed by atoms with Crippen LogP contribution in [0, 0.1) is 0 Å². The monoisotopic (exact) mass is 444 g/mol. The summed E-state index contributed by atoms with van der Waals surface area (Å²) in [5.41, 5.74) is 2.11. The minimum Gasteiger partial charge on any atom is -0.459 e. The maximum absolute atomic E-state index is 13.3. The van der Waals surface area contributed by atoms with Crippen LogP contribution in [-0.2, 0) is 0 Å². The molecule has 1 amide bonds. The summed E-state index contributed by atoms with van der Waals surface area (Å²) in [6.07, 6.45) is 4.73. The summed E-state index contributed by atoms with van der Waals surface area (Å²) in [5.74, 6) is 0.155. The van der Waals surface area contributed by atoms with Gasteiger partial charge in [0.2, 0.25) is 5.78 Å². The molecule has 0 saturated carbocycles. The van der Waals surface area contributed by atoms with Crippen LogP contribution in [0.5, 0.6) is 0 Å². The Hall–Kier alpha value is -3.78. The van der Waals surface area contributed by atoms with Gasteiger partial charge in [0, 0.05) is 49.7 Å². The number of anilines is 1. The van der Waals surface area contributed by atoms with E-state index in [4.69, 9.17) is 9.40 Å². The molecule has 1 saturated heterocycles. The second-order valence-corrected chi connectivity index (χ2v) is 8.35. The van der Waals surface area contributed by atoms with Gasteiger partial charge in [0.15, 0.2) is 10.9 Å². The Labute approximate surface area is 189 Å². The lowest BCUT2D eigenvalue weighted by Crippen LogP contribution is -2.48. The topological polar surface area (TPSA) is 79.5 Å². The molecule has 4 heterocycles. The van der Waals surface area contributed by atoms with Crippen LogP contribution in [0.2, 0.25) is 0 Å². The number of piperazine rings is 1. The average molecular weight is 445 g/mol. The number of ketones is 1. The summed E-state index contributed by atoms with van der Waals surface area (Å²) in [6.45, 7) is 2.39. The van der Waals surface area contributed by atoms with E-state index in [1.165, 1.54) is 17.6 Å². The lowest BCUT2D eigenvalue weighted by atomic mass is 10.1. The van der Waals surface area contributed by atoms with Crippen molar-refractivity contribution in [2.75, 3.05) is 31.1 Å². The molecule has 4 aromatic rings. The van der Waals surface area contributed by atoms with E-state index >= 15 is 0 Å². The predicted octanol–water partition coefficient (Wildman–Crippen LogP) is 3.99. The molecule has 0 bridgehead atoms. The van der Waals surface area contributed by atoms with Crippen molar-refractivity contribution in [3.8, 4) is 11.3 Å². The smallest absolute Gasteiger partial charge is 0.289 e. The molecule has 7 nitrogen and oxygen atoms in total. The Balaban J connectivity index is 1.41. The number of benzene rings is 1. The Morgan fingerprint density at radius 1 is 0.938 bits per heavy atom. The minimum absolute atomic E-state index is 0.0904. The second-order valence-electron chi connectivity index (χ2n) is 7.37. The zero-order valence-corrected chi connectivity index (χ0v) is 18.0. The van der Waals surface area contributed by atoms with Crippen LogP contribution in [0.1, 0.15) is 25.8 Å². The van der Waals surface area contributed by atoms with Crippen LogP contribution in [0.25, 0.3) is 11.3 Å². The summed E-state index contributed by atoms with van der Waals surface area (Å²) in [7, 11) is 0. The van der Waals surface area contributed by atoms with Crippen molar-refractivity contribution in [3.63, 3.8) is 0 Å². The fourth-order valence-corrected chi connectivity index (χ4v) is 4.78. The number of furan rings is 1. The van der Waals surface area contributed by atoms with E-state index in [1.54, 1.807) is 41.6 Å². The van der Waals surface area contributed by atoms with E-state index in [9.17, 15) is 9.59 Å². The Bertz CT molecular complexity index is 1210. The molecule has 0 unspecified atom stereocenters. The average Bonchev–Trinajstić information content (AvgIpc) is 3.55. The standard InChI is InChI=1S/C24H20N4O3S/c29-21(18-8-4-10-25-16-18)22-20(17-6-2-1-3-7-17)26-24(32-22)28-13-11-27(12-14-28)23(30)19-9-5-15-31-19/h1-10,15-16H,11-14H2. The van der Waals surface area contributed by atoms with Gasteiger partial charge in [-0.3, -0.25) is 14.6 Å². The van der Waals surface area contributed by atoms with Crippen molar-refractivity contribution in [2.45, 2.75) is 0 Å². The number of aromatic nitrogens is 2. The fraction of sp³-hybridized carbons (Fsp3) is 0.167. The molecule has 32 heavy (non-hydrogen) atoms. The number of amides is 1. The van der Waals surface area contributed by atoms with Gasteiger partial charge in [0.05, 0.1) is 12.0 Å². The lowest BCUT2D eigenvalue weighted by molar-refractivity contribution is 0.0714. The predicted molar refractivity (Wildman–Crippen MR) is 122 cm³/mol. The SMILES string of the molecule is O=C(c1cccnc1)c1sc(N2CCN(C(=O)c3ccco3)CC2)nc1-c1ccccc1. The van der Waals surface area contributed by atoms with E-state index < -0.39 is 0 Å². The van der Waals surface area contributed by atoms with Crippen LogP contribution in [0.4, 0.5) is 5.13 Å². The third-order valence-electron chi connectivity index (χ3n) is 5.36. The molecule has 0 spiro atoms. The maximum Gasteiger partial charge on any atom is 0.289 e. The van der Waals surface area contributed by atoms with Crippen LogP contribution >= 0.6 is 11.3 Å². The Morgan fingerprint density at radius 3 is 2.44 bits per heavy atom. The van der Waals surface area contributed by atoms with E-state index in [2.05, 4.69) is 9.88 Å². The summed E-state index contributed by atoms with van der Waals surface area (Å²) in [4.78, 5) is 39.2. The van der Waals surface area contributed by atoms with E-state index in [0.717, 1.165) is 10.7 Å². The molecule has 5 rings (SSSR count). The quantitative estimate of drug-likeness (QED) is 0.433. The van der Waals surface area contributed by atoms with E-state index in [-0.39, 0.29) is 11.7 Å². The van der Waals surface area contributed by atoms with Crippen molar-refractivity contribution in [3.05, 3.63) is 89.5 Å². The molecule has 0 radical (unpaired) electrons. The molecule has 1 fully saturated rings. The third-order valence-corrected chi connectivity index (χ3v) is 6.48. The highest BCUT2D eigenvalue weighted by atomic mass is 32.1. The van der Waals surface area contributed by atoms with Crippen molar-refractivity contribution >= 4 is 28.2 Å². The fourth-order valence-electron chi connectivity index (χ4n) is 3.67. The molecule has 8 heteroatoms. The first kappa shape index (κ1) is 20.1. The summed E-state index contributed by atoms with van der Waals surface area (Å²) in [6, 6.07) is 16.6. The van der Waals surface area contributed by atoms with Crippen molar-refractivity contribution in [1.29, 1.82) is 0 Å². The summed E-state index contributed by atoms with van der Waals surface area (Å²) >= 11 is 1.39. The number of pyridine rings is 1. The van der Waals surface area contributed by atoms with Gasteiger partial charge in [-0.25, -0.2) is 4.98 Å². The minimum atomic E-state index is -0.105. The zero-order chi connectivity index (χ0) is 21.9. The first-order valence-electron chi connectivity index (χ1n) is 10.3. The van der Waals surface area contributed by atoms with Gasteiger partial charge in [-0.15, -0.1) is 0 Å². The van der Waals surface area contributed by atoms with E-state index in [0.29, 0.717) is 48.1 Å². The zero-order valence-electron chi connectivity index (χ0n) is 17.2. The van der Waals surface area contributed by atoms with Crippen LogP contribution in [0.3, 0.4) is 0 Å². The van der Waals surface area contributed by atoms with Gasteiger partial charge >= 0.3 is 0 Å². The Kier molecular flexibility index (Phi) is 5.51. The van der Waals surface area contributed by atoms with Gasteiger partial charge in [0.1, 0.15) is 4.88 Å². The summed E-state index contributed by atoms with van der Waals surface area (Å²) < 4.78 is 5.24. The lowest BCUT2D eigenvalue weighted by Gasteiger charge is -2.34. The molecule has 160 valence electrons. The first-order valence-corrected chi connectivity index (χ1v) is 11.1. The highest BCUT2D eigenvalue weighted by Crippen LogP contribution is 2.35. The van der Waals surface area contributed by atoms with Crippen LogP contribution in [-0.4, -0.2) is 52.7 Å². The van der Waals surface area contributed by atoms with Crippen molar-refractivity contribution < 1.29 is 14.0 Å². The second kappa shape index (κ2) is 8.76. The molecular formula is C24H20N4O3S. The Morgan fingerprint density at radius 2 is 1.75 bits per heavy atom. The molecule has 0 aliphatic carbocycles. The van der Waals surface area contributed by atoms with Crippen molar-refractivity contribution in [2.24, 2.45) is 0 Å². The number of rotatable bonds is 5. The first-order chi connectivity index (χ1) is 15.7. The summed E-state index contributed by atoms with van der Waals surface area (Å²) in [5, 5.41) is 0.779. The third kappa shape index (κ3) is 3.92. The number of thiazole rings is 1. The van der Waals surface area contributed by atoms with Gasteiger partial charge in [-0.1, -0.05) is 41.7 Å². The molecule has 0 N–H and O–H groups in total. The molecule has 3 aromatic heterocycles. The highest BCUT2D eigenvalue weighted by molar-refractivity contribution is 7.18. The molecule has 1 aliphatic heterocycles. The number of hydrogen-bond donors (Lipinski definition) is 0. The van der Waals surface area contributed by atoms with Gasteiger partial charge < -0.3 is 14.2 Å². The molecule has 1 aliphatic rings. The molecular weight excluding hydrogens is 424 g/mol. The number of carbonyl (C=O) groups excluding carboxylic acids is 2. The highest BCUT2D eigenvalue weighted by Gasteiger charge is 2.28. The number of hydrogen-bond acceptors (Lipinski definition) is 7. The van der Waals surface area contributed by atoms with Crippen LogP contribution < -0.4 is 4.90 Å². The largest absolute Gasteiger partial charge is 0.459 e. The molecule has 0 atom stereocenters.